The topological polar surface area (TPSA) is 13.0 Å². The zero-order valence-electron chi connectivity index (χ0n) is 33.0. The molecule has 0 aliphatic carbocycles. The molecule has 4 heterocycles. The molecule has 56 heavy (non-hydrogen) atoms. The normalized spacial score (nSPS) is 14.8. The zero-order valence-corrected chi connectivity index (χ0v) is 33.0. The molecule has 0 bridgehead atoms. The van der Waals surface area contributed by atoms with Gasteiger partial charge in [0, 0.05) is 33.9 Å². The highest BCUT2D eigenvalue weighted by Gasteiger charge is 2.52. The zero-order chi connectivity index (χ0) is 38.1. The molecule has 6 heteroatoms. The molecule has 4 aliphatic rings. The lowest BCUT2D eigenvalue weighted by molar-refractivity contribution is 0.590. The Bertz CT molecular complexity index is 2520. The van der Waals surface area contributed by atoms with Gasteiger partial charge in [0.1, 0.15) is 0 Å². The Labute approximate surface area is 331 Å². The van der Waals surface area contributed by atoms with Crippen molar-refractivity contribution in [3.63, 3.8) is 0 Å². The third kappa shape index (κ3) is 4.68. The third-order valence-electron chi connectivity index (χ3n) is 12.5. The number of hydrogen-bond acceptors (Lipinski definition) is 4. The largest absolute Gasteiger partial charge is 0.421 e. The Hall–Kier alpha value is -6.13. The average Bonchev–Trinajstić information content (AvgIpc) is 3.74. The van der Waals surface area contributed by atoms with Crippen LogP contribution in [0.15, 0.2) is 158 Å². The van der Waals surface area contributed by atoms with E-state index in [4.69, 9.17) is 0 Å². The Morgan fingerprint density at radius 1 is 0.321 bits per heavy atom. The summed E-state index contributed by atoms with van der Waals surface area (Å²) in [7, 11) is 0. The summed E-state index contributed by atoms with van der Waals surface area (Å²) >= 11 is 0. The maximum atomic E-state index is 2.58. The molecule has 0 amide bonds. The standard InChI is InChI=1S/C50H44B2N4/c1-49(2,3)33-23-27-35(28-24-33)53-45-19-11-13-21-47(45)55-43-17-9-7-15-37(43)39-32-42-40(31-41(39)51(53)55)38-16-8-10-18-44(38)56-48-22-14-12-20-46(48)54(52(42)56)36-29-25-34(26-30-36)50(4,5)6/h7-32H,1-6H3. The van der Waals surface area contributed by atoms with E-state index in [1.54, 1.807) is 0 Å². The quantitative estimate of drug-likeness (QED) is 0.165. The van der Waals surface area contributed by atoms with Crippen LogP contribution >= 0.6 is 0 Å². The molecule has 0 unspecified atom stereocenters. The second-order valence-corrected chi connectivity index (χ2v) is 17.9. The van der Waals surface area contributed by atoms with Gasteiger partial charge in [0.05, 0.1) is 22.7 Å². The predicted molar refractivity (Wildman–Crippen MR) is 240 cm³/mol. The van der Waals surface area contributed by atoms with E-state index >= 15 is 0 Å². The van der Waals surface area contributed by atoms with Crippen molar-refractivity contribution in [2.75, 3.05) is 19.2 Å². The molecule has 11 rings (SSSR count). The van der Waals surface area contributed by atoms with Gasteiger partial charge in [-0.25, -0.2) is 0 Å². The van der Waals surface area contributed by atoms with Crippen LogP contribution in [-0.2, 0) is 10.8 Å². The molecule has 0 N–H and O–H groups in total. The second kappa shape index (κ2) is 11.7. The molecule has 0 atom stereocenters. The van der Waals surface area contributed by atoms with Crippen molar-refractivity contribution >= 4 is 70.4 Å². The Morgan fingerprint density at radius 3 is 0.964 bits per heavy atom. The lowest BCUT2D eigenvalue weighted by Crippen LogP contribution is -2.59. The van der Waals surface area contributed by atoms with Gasteiger partial charge < -0.3 is 19.2 Å². The van der Waals surface area contributed by atoms with Gasteiger partial charge in [-0.3, -0.25) is 0 Å². The van der Waals surface area contributed by atoms with E-state index in [0.29, 0.717) is 0 Å². The summed E-state index contributed by atoms with van der Waals surface area (Å²) < 4.78 is 0. The molecular formula is C50H44B2N4. The van der Waals surface area contributed by atoms with Crippen LogP contribution in [0, 0.1) is 0 Å². The first-order valence-corrected chi connectivity index (χ1v) is 20.0. The maximum Gasteiger partial charge on any atom is 0.421 e. The molecule has 7 aromatic rings. The molecule has 270 valence electrons. The predicted octanol–water partition coefficient (Wildman–Crippen LogP) is 11.6. The van der Waals surface area contributed by atoms with Crippen molar-refractivity contribution in [3.05, 3.63) is 169 Å². The number of para-hydroxylation sites is 6. The summed E-state index contributed by atoms with van der Waals surface area (Å²) in [6.45, 7) is 13.6. The van der Waals surface area contributed by atoms with Gasteiger partial charge >= 0.3 is 14.0 Å². The fourth-order valence-electron chi connectivity index (χ4n) is 9.73. The Balaban J connectivity index is 1.16. The second-order valence-electron chi connectivity index (χ2n) is 17.9. The smallest absolute Gasteiger partial charge is 0.360 e. The number of rotatable bonds is 2. The first kappa shape index (κ1) is 33.2. The minimum atomic E-state index is -0.0601. The molecule has 0 saturated heterocycles. The van der Waals surface area contributed by atoms with E-state index in [0.717, 1.165) is 0 Å². The van der Waals surface area contributed by atoms with Crippen molar-refractivity contribution in [2.24, 2.45) is 0 Å². The average molecular weight is 723 g/mol. The number of hydrogen-bond donors (Lipinski definition) is 0. The fourth-order valence-corrected chi connectivity index (χ4v) is 9.73. The van der Waals surface area contributed by atoms with Crippen molar-refractivity contribution in [1.29, 1.82) is 0 Å². The minimum Gasteiger partial charge on any atom is -0.360 e. The molecule has 0 saturated carbocycles. The van der Waals surface area contributed by atoms with E-state index in [1.165, 1.54) is 89.8 Å². The van der Waals surface area contributed by atoms with Crippen LogP contribution in [0.3, 0.4) is 0 Å². The highest BCUT2D eigenvalue weighted by atomic mass is 15.3. The first-order valence-electron chi connectivity index (χ1n) is 20.0. The SMILES string of the molecule is CC(C)(C)c1ccc(N2B3c4cc5c(cc4-c4ccccc4N3c3ccccc32)B2N(c3ccc(C(C)(C)C)cc3)c3ccccc3N2c2ccccc2-5)cc1. The lowest BCUT2D eigenvalue weighted by atomic mass is 9.54. The van der Waals surface area contributed by atoms with Crippen LogP contribution < -0.4 is 30.2 Å². The van der Waals surface area contributed by atoms with Crippen LogP contribution in [-0.4, -0.2) is 14.0 Å². The van der Waals surface area contributed by atoms with Gasteiger partial charge in [0.2, 0.25) is 0 Å². The van der Waals surface area contributed by atoms with Crippen LogP contribution in [0.5, 0.6) is 0 Å². The van der Waals surface area contributed by atoms with Crippen LogP contribution in [0.25, 0.3) is 22.3 Å². The van der Waals surface area contributed by atoms with Gasteiger partial charge in [0.25, 0.3) is 0 Å². The van der Waals surface area contributed by atoms with Crippen LogP contribution in [0.1, 0.15) is 52.7 Å². The summed E-state index contributed by atoms with van der Waals surface area (Å²) in [5, 5.41) is 0. The molecule has 0 fully saturated rings. The number of benzene rings is 7. The maximum absolute atomic E-state index is 2.58. The summed E-state index contributed by atoms with van der Waals surface area (Å²) in [4.78, 5) is 10.3. The molecule has 4 nitrogen and oxygen atoms in total. The fraction of sp³-hybridized carbons (Fsp3) is 0.160. The molecular weight excluding hydrogens is 678 g/mol. The van der Waals surface area contributed by atoms with E-state index in [1.807, 2.05) is 0 Å². The van der Waals surface area contributed by atoms with Crippen molar-refractivity contribution < 1.29 is 0 Å². The number of nitrogens with zero attached hydrogens (tertiary/aromatic N) is 4. The van der Waals surface area contributed by atoms with Gasteiger partial charge in [-0.05, 0) is 105 Å². The molecule has 4 aliphatic heterocycles. The monoisotopic (exact) mass is 722 g/mol. The van der Waals surface area contributed by atoms with Gasteiger partial charge in [-0.2, -0.15) is 0 Å². The minimum absolute atomic E-state index is 0.0601. The molecule has 7 aromatic carbocycles. The summed E-state index contributed by atoms with van der Waals surface area (Å²) in [5.41, 5.74) is 20.4. The van der Waals surface area contributed by atoms with E-state index in [-0.39, 0.29) is 24.8 Å². The number of fused-ring (bicyclic) bond motifs is 16. The van der Waals surface area contributed by atoms with Crippen LogP contribution in [0.2, 0.25) is 0 Å². The highest BCUT2D eigenvalue weighted by molar-refractivity contribution is 6.89. The van der Waals surface area contributed by atoms with Gasteiger partial charge in [0.15, 0.2) is 0 Å². The third-order valence-corrected chi connectivity index (χ3v) is 12.5. The Morgan fingerprint density at radius 2 is 0.625 bits per heavy atom. The van der Waals surface area contributed by atoms with Crippen molar-refractivity contribution in [1.82, 2.24) is 0 Å². The summed E-state index contributed by atoms with van der Waals surface area (Å²) in [6.07, 6.45) is 0. The van der Waals surface area contributed by atoms with Gasteiger partial charge in [-0.15, -0.1) is 0 Å². The first-order chi connectivity index (χ1) is 27.1. The highest BCUT2D eigenvalue weighted by Crippen LogP contribution is 2.54. The van der Waals surface area contributed by atoms with Crippen molar-refractivity contribution in [3.8, 4) is 22.3 Å². The molecule has 0 aromatic heterocycles. The van der Waals surface area contributed by atoms with E-state index in [9.17, 15) is 0 Å². The van der Waals surface area contributed by atoms with Crippen LogP contribution in [0.4, 0.5) is 45.5 Å². The van der Waals surface area contributed by atoms with Crippen molar-refractivity contribution in [2.45, 2.75) is 52.4 Å². The lowest BCUT2D eigenvalue weighted by Gasteiger charge is -2.40. The summed E-state index contributed by atoms with van der Waals surface area (Å²) in [5.74, 6) is 0. The van der Waals surface area contributed by atoms with Gasteiger partial charge in [-0.1, -0.05) is 139 Å². The number of anilines is 8. The molecule has 0 radical (unpaired) electrons. The summed E-state index contributed by atoms with van der Waals surface area (Å²) in [6, 6.07) is 59.6. The molecule has 0 spiro atoms. The van der Waals surface area contributed by atoms with E-state index < -0.39 is 0 Å². The van der Waals surface area contributed by atoms with E-state index in [2.05, 4.69) is 219 Å². The Kier molecular flexibility index (Phi) is 6.94.